The average Bonchev–Trinajstić information content (AvgIpc) is 2.49. The highest BCUT2D eigenvalue weighted by molar-refractivity contribution is 5.60. The zero-order valence-electron chi connectivity index (χ0n) is 15.9. The van der Waals surface area contributed by atoms with Crippen LogP contribution in [0.1, 0.15) is 76.7 Å². The van der Waals surface area contributed by atoms with Crippen molar-refractivity contribution in [2.75, 3.05) is 7.11 Å². The number of phenols is 2. The van der Waals surface area contributed by atoms with Gasteiger partial charge in [0.15, 0.2) is 11.5 Å². The van der Waals surface area contributed by atoms with Gasteiger partial charge in [0.2, 0.25) is 0 Å². The molecular weight excluding hydrogens is 304 g/mol. The number of aliphatic hydroxyl groups is 1. The van der Waals surface area contributed by atoms with Crippen molar-refractivity contribution in [3.63, 3.8) is 0 Å². The lowest BCUT2D eigenvalue weighted by atomic mass is 9.57. The van der Waals surface area contributed by atoms with Gasteiger partial charge in [-0.2, -0.15) is 0 Å². The van der Waals surface area contributed by atoms with E-state index in [1.54, 1.807) is 7.11 Å². The summed E-state index contributed by atoms with van der Waals surface area (Å²) in [6.07, 6.45) is -0.405. The van der Waals surface area contributed by atoms with Crippen LogP contribution in [0.5, 0.6) is 11.5 Å². The molecule has 0 saturated heterocycles. The molecule has 4 nitrogen and oxygen atoms in total. The number of rotatable bonds is 4. The molecule has 0 spiro atoms. The Balaban J connectivity index is 2.86. The molecule has 0 amide bonds. The molecule has 4 atom stereocenters. The maximum Gasteiger partial charge on any atom is 0.161 e. The molecule has 136 valence electrons. The molecule has 0 saturated carbocycles. The fourth-order valence-corrected chi connectivity index (χ4v) is 4.69. The predicted molar refractivity (Wildman–Crippen MR) is 95.6 cm³/mol. The van der Waals surface area contributed by atoms with E-state index in [4.69, 9.17) is 4.74 Å². The summed E-state index contributed by atoms with van der Waals surface area (Å²) in [6.45, 7) is 12.2. The van der Waals surface area contributed by atoms with Gasteiger partial charge in [-0.15, -0.1) is 0 Å². The second-order valence-corrected chi connectivity index (χ2v) is 7.97. The van der Waals surface area contributed by atoms with Crippen molar-refractivity contribution < 1.29 is 20.1 Å². The summed E-state index contributed by atoms with van der Waals surface area (Å²) in [7, 11) is 1.59. The Morgan fingerprint density at radius 2 is 1.75 bits per heavy atom. The van der Waals surface area contributed by atoms with Crippen LogP contribution in [0.3, 0.4) is 0 Å². The number of aliphatic hydroxyl groups excluding tert-OH is 1. The zero-order chi connectivity index (χ0) is 18.4. The number of benzene rings is 1. The number of hydrogen-bond donors (Lipinski definition) is 3. The first-order chi connectivity index (χ1) is 11.1. The minimum absolute atomic E-state index is 0.0443. The van der Waals surface area contributed by atoms with E-state index in [0.29, 0.717) is 5.56 Å². The number of methoxy groups -OCH3 is 1. The third kappa shape index (κ3) is 2.60. The number of fused-ring (bicyclic) bond motifs is 1. The molecule has 1 aliphatic carbocycles. The Morgan fingerprint density at radius 1 is 1.17 bits per heavy atom. The van der Waals surface area contributed by atoms with E-state index in [2.05, 4.69) is 27.7 Å². The maximum atomic E-state index is 11.0. The lowest BCUT2D eigenvalue weighted by Gasteiger charge is -2.50. The normalized spacial score (nSPS) is 30.0. The van der Waals surface area contributed by atoms with Crippen molar-refractivity contribution >= 4 is 0 Å². The summed E-state index contributed by atoms with van der Waals surface area (Å²) >= 11 is 0. The van der Waals surface area contributed by atoms with Gasteiger partial charge in [0.1, 0.15) is 6.10 Å². The minimum atomic E-state index is -0.656. The Morgan fingerprint density at radius 3 is 2.17 bits per heavy atom. The summed E-state index contributed by atoms with van der Waals surface area (Å²) in [5, 5.41) is 32.4. The fourth-order valence-electron chi connectivity index (χ4n) is 4.69. The summed E-state index contributed by atoms with van der Waals surface area (Å²) in [5.41, 5.74) is 1.77. The van der Waals surface area contributed by atoms with Crippen LogP contribution >= 0.6 is 0 Å². The second-order valence-electron chi connectivity index (χ2n) is 7.97. The Bertz CT molecular complexity index is 608. The Hall–Kier alpha value is -1.26. The summed E-state index contributed by atoms with van der Waals surface area (Å²) in [4.78, 5) is 0. The molecule has 1 aromatic carbocycles. The average molecular weight is 336 g/mol. The molecule has 0 radical (unpaired) electrons. The molecule has 1 aliphatic rings. The van der Waals surface area contributed by atoms with E-state index >= 15 is 0 Å². The smallest absolute Gasteiger partial charge is 0.161 e. The molecule has 0 fully saturated rings. The summed E-state index contributed by atoms with van der Waals surface area (Å²) < 4.78 is 5.63. The van der Waals surface area contributed by atoms with Crippen molar-refractivity contribution in [2.45, 2.75) is 71.5 Å². The third-order valence-corrected chi connectivity index (χ3v) is 5.95. The highest BCUT2D eigenvalue weighted by Crippen LogP contribution is 2.57. The summed E-state index contributed by atoms with van der Waals surface area (Å²) in [6, 6.07) is 1.90. The van der Waals surface area contributed by atoms with Gasteiger partial charge in [0.25, 0.3) is 0 Å². The van der Waals surface area contributed by atoms with Crippen LogP contribution in [0.2, 0.25) is 0 Å². The first-order valence-electron chi connectivity index (χ1n) is 8.91. The molecule has 4 unspecified atom stereocenters. The SMILES string of the molecule is CCC1(C)c2c(cc(C(C)C)c(O)c2O)C(OC)C(O)C1C(C)C. The molecule has 3 N–H and O–H groups in total. The molecule has 0 heterocycles. The topological polar surface area (TPSA) is 69.9 Å². The van der Waals surface area contributed by atoms with Gasteiger partial charge in [-0.1, -0.05) is 41.5 Å². The van der Waals surface area contributed by atoms with Crippen LogP contribution in [0.15, 0.2) is 6.07 Å². The molecular formula is C20H32O4. The number of phenolic OH excluding ortho intramolecular Hbond substituents is 2. The first-order valence-corrected chi connectivity index (χ1v) is 8.91. The first kappa shape index (κ1) is 19.1. The van der Waals surface area contributed by atoms with Crippen LogP contribution in [0.4, 0.5) is 0 Å². The van der Waals surface area contributed by atoms with Gasteiger partial charge < -0.3 is 20.1 Å². The lowest BCUT2D eigenvalue weighted by molar-refractivity contribution is -0.0886. The van der Waals surface area contributed by atoms with Crippen molar-refractivity contribution in [3.05, 3.63) is 22.8 Å². The number of aromatic hydroxyl groups is 2. The van der Waals surface area contributed by atoms with Crippen LogP contribution < -0.4 is 0 Å². The molecule has 0 aliphatic heterocycles. The van der Waals surface area contributed by atoms with Crippen molar-refractivity contribution in [3.8, 4) is 11.5 Å². The minimum Gasteiger partial charge on any atom is -0.504 e. The zero-order valence-corrected chi connectivity index (χ0v) is 15.9. The van der Waals surface area contributed by atoms with Crippen LogP contribution in [0.25, 0.3) is 0 Å². The Kier molecular flexibility index (Phi) is 5.22. The van der Waals surface area contributed by atoms with Crippen molar-refractivity contribution in [1.82, 2.24) is 0 Å². The lowest BCUT2D eigenvalue weighted by Crippen LogP contribution is -2.50. The summed E-state index contributed by atoms with van der Waals surface area (Å²) in [5.74, 6) is 0.0982. The highest BCUT2D eigenvalue weighted by atomic mass is 16.5. The van der Waals surface area contributed by atoms with E-state index in [9.17, 15) is 15.3 Å². The van der Waals surface area contributed by atoms with E-state index in [1.807, 2.05) is 19.9 Å². The monoisotopic (exact) mass is 336 g/mol. The third-order valence-electron chi connectivity index (χ3n) is 5.95. The standard InChI is InChI=1S/C20H32O4/c1-8-20(6)14(11(4)5)18(23)19(24-7)13-9-12(10(2)3)16(21)17(22)15(13)20/h9-11,14,18-19,21-23H,8H2,1-7H3. The maximum absolute atomic E-state index is 11.0. The molecule has 24 heavy (non-hydrogen) atoms. The van der Waals surface area contributed by atoms with Crippen LogP contribution in [-0.4, -0.2) is 28.5 Å². The Labute approximate surface area is 145 Å². The number of hydrogen-bond acceptors (Lipinski definition) is 4. The fraction of sp³-hybridized carbons (Fsp3) is 0.700. The molecule has 1 aromatic rings. The van der Waals surface area contributed by atoms with Gasteiger partial charge in [-0.3, -0.25) is 0 Å². The molecule has 4 heteroatoms. The highest BCUT2D eigenvalue weighted by Gasteiger charge is 2.51. The van der Waals surface area contributed by atoms with Gasteiger partial charge in [0, 0.05) is 23.7 Å². The van der Waals surface area contributed by atoms with Gasteiger partial charge >= 0.3 is 0 Å². The van der Waals surface area contributed by atoms with Gasteiger partial charge in [-0.25, -0.2) is 0 Å². The van der Waals surface area contributed by atoms with Gasteiger partial charge in [-0.05, 0) is 35.8 Å². The van der Waals surface area contributed by atoms with Crippen LogP contribution in [-0.2, 0) is 10.2 Å². The molecule has 0 bridgehead atoms. The molecule has 2 rings (SSSR count). The van der Waals surface area contributed by atoms with Crippen molar-refractivity contribution in [1.29, 1.82) is 0 Å². The van der Waals surface area contributed by atoms with Crippen molar-refractivity contribution in [2.24, 2.45) is 11.8 Å². The second kappa shape index (κ2) is 6.57. The molecule has 0 aromatic heterocycles. The van der Waals surface area contributed by atoms with E-state index in [0.717, 1.165) is 17.5 Å². The van der Waals surface area contributed by atoms with Crippen LogP contribution in [0, 0.1) is 11.8 Å². The predicted octanol–water partition coefficient (Wildman–Crippen LogP) is 4.22. The van der Waals surface area contributed by atoms with Gasteiger partial charge in [0.05, 0.1) is 6.10 Å². The van der Waals surface area contributed by atoms with E-state index in [-0.39, 0.29) is 29.3 Å². The number of ether oxygens (including phenoxy) is 1. The quantitative estimate of drug-likeness (QED) is 0.720. The largest absolute Gasteiger partial charge is 0.504 e. The van der Waals surface area contributed by atoms with E-state index in [1.165, 1.54) is 0 Å². The van der Waals surface area contributed by atoms with E-state index < -0.39 is 17.6 Å².